The average Bonchev–Trinajstić information content (AvgIpc) is 2.07. The zero-order valence-corrected chi connectivity index (χ0v) is 7.08. The van der Waals surface area contributed by atoms with Crippen LogP contribution in [0.4, 0.5) is 0 Å². The highest BCUT2D eigenvalue weighted by Gasteiger charge is 2.05. The molecular weight excluding hydrogens is 174 g/mol. The maximum atomic E-state index is 10.8. The Morgan fingerprint density at radius 3 is 2.33 bits per heavy atom. The molecule has 0 aliphatic heterocycles. The summed E-state index contributed by atoms with van der Waals surface area (Å²) in [5.74, 6) is -0.517. The Bertz CT molecular complexity index is 306. The average molecular weight is 182 g/mol. The molecule has 2 nitrogen and oxygen atoms in total. The van der Waals surface area contributed by atoms with E-state index in [0.717, 1.165) is 5.56 Å². The van der Waals surface area contributed by atoms with E-state index in [4.69, 9.17) is 17.3 Å². The standard InChI is InChI=1S/C9H8ClNO/c10-6-8(9(11)12)7-4-2-1-3-5-7/h1-6H,(H2,11,12)/b8-6+. The summed E-state index contributed by atoms with van der Waals surface area (Å²) in [5, 5.41) is 0. The van der Waals surface area contributed by atoms with Gasteiger partial charge in [-0.15, -0.1) is 0 Å². The third kappa shape index (κ3) is 1.86. The summed E-state index contributed by atoms with van der Waals surface area (Å²) in [5.41, 5.74) is 7.35. The fourth-order valence-corrected chi connectivity index (χ4v) is 1.11. The monoisotopic (exact) mass is 181 g/mol. The first-order valence-corrected chi connectivity index (χ1v) is 3.85. The molecule has 1 rings (SSSR count). The molecule has 0 saturated carbocycles. The zero-order valence-electron chi connectivity index (χ0n) is 6.33. The van der Waals surface area contributed by atoms with Gasteiger partial charge in [-0.1, -0.05) is 41.9 Å². The minimum atomic E-state index is -0.517. The third-order valence-corrected chi connectivity index (χ3v) is 1.68. The molecule has 1 aromatic carbocycles. The predicted octanol–water partition coefficient (Wildman–Crippen LogP) is 1.75. The van der Waals surface area contributed by atoms with Crippen LogP contribution < -0.4 is 5.73 Å². The van der Waals surface area contributed by atoms with Crippen molar-refractivity contribution in [2.24, 2.45) is 5.73 Å². The van der Waals surface area contributed by atoms with Gasteiger partial charge in [0.25, 0.3) is 0 Å². The van der Waals surface area contributed by atoms with Gasteiger partial charge in [0.1, 0.15) is 0 Å². The third-order valence-electron chi connectivity index (χ3n) is 1.46. The highest BCUT2D eigenvalue weighted by atomic mass is 35.5. The Labute approximate surface area is 75.6 Å². The molecule has 1 amide bonds. The molecule has 0 heterocycles. The van der Waals surface area contributed by atoms with Gasteiger partial charge in [-0.05, 0) is 5.56 Å². The molecule has 0 radical (unpaired) electrons. The Kier molecular flexibility index (Phi) is 2.88. The molecule has 62 valence electrons. The maximum absolute atomic E-state index is 10.8. The van der Waals surface area contributed by atoms with Crippen LogP contribution in [-0.2, 0) is 4.79 Å². The minimum Gasteiger partial charge on any atom is -0.366 e. The van der Waals surface area contributed by atoms with Crippen LogP contribution in [-0.4, -0.2) is 5.91 Å². The van der Waals surface area contributed by atoms with Crippen LogP contribution in [0.2, 0.25) is 0 Å². The molecule has 0 spiro atoms. The number of halogens is 1. The van der Waals surface area contributed by atoms with E-state index in [2.05, 4.69) is 0 Å². The number of carbonyl (C=O) groups excluding carboxylic acids is 1. The van der Waals surface area contributed by atoms with E-state index in [9.17, 15) is 4.79 Å². The van der Waals surface area contributed by atoms with Crippen molar-refractivity contribution in [3.63, 3.8) is 0 Å². The van der Waals surface area contributed by atoms with Gasteiger partial charge in [-0.3, -0.25) is 4.79 Å². The SMILES string of the molecule is NC(=O)/C(=C/Cl)c1ccccc1. The molecule has 3 heteroatoms. The van der Waals surface area contributed by atoms with Gasteiger partial charge in [0.05, 0.1) is 5.57 Å². The number of hydrogen-bond acceptors (Lipinski definition) is 1. The van der Waals surface area contributed by atoms with Crippen molar-refractivity contribution in [1.29, 1.82) is 0 Å². The lowest BCUT2D eigenvalue weighted by Gasteiger charge is -1.99. The van der Waals surface area contributed by atoms with E-state index < -0.39 is 5.91 Å². The predicted molar refractivity (Wildman–Crippen MR) is 49.5 cm³/mol. The normalized spacial score (nSPS) is 11.2. The lowest BCUT2D eigenvalue weighted by atomic mass is 10.1. The van der Waals surface area contributed by atoms with Crippen LogP contribution in [0.5, 0.6) is 0 Å². The van der Waals surface area contributed by atoms with Crippen molar-refractivity contribution in [2.45, 2.75) is 0 Å². The second-order valence-electron chi connectivity index (χ2n) is 2.25. The van der Waals surface area contributed by atoms with Crippen molar-refractivity contribution in [2.75, 3.05) is 0 Å². The van der Waals surface area contributed by atoms with Gasteiger partial charge >= 0.3 is 0 Å². The van der Waals surface area contributed by atoms with Gasteiger partial charge in [0.15, 0.2) is 0 Å². The van der Waals surface area contributed by atoms with Crippen molar-refractivity contribution in [3.05, 3.63) is 41.4 Å². The molecule has 12 heavy (non-hydrogen) atoms. The van der Waals surface area contributed by atoms with E-state index >= 15 is 0 Å². The van der Waals surface area contributed by atoms with Crippen LogP contribution in [0, 0.1) is 0 Å². The maximum Gasteiger partial charge on any atom is 0.250 e. The molecule has 0 aliphatic carbocycles. The highest BCUT2D eigenvalue weighted by Crippen LogP contribution is 2.13. The Morgan fingerprint density at radius 2 is 1.92 bits per heavy atom. The van der Waals surface area contributed by atoms with Gasteiger partial charge in [0, 0.05) is 5.54 Å². The summed E-state index contributed by atoms with van der Waals surface area (Å²) in [6.07, 6.45) is 0. The number of nitrogens with two attached hydrogens (primary N) is 1. The van der Waals surface area contributed by atoms with Crippen LogP contribution in [0.15, 0.2) is 35.9 Å². The summed E-state index contributed by atoms with van der Waals surface area (Å²) >= 11 is 5.43. The van der Waals surface area contributed by atoms with Gasteiger partial charge in [-0.2, -0.15) is 0 Å². The van der Waals surface area contributed by atoms with Gasteiger partial charge in [-0.25, -0.2) is 0 Å². The first-order chi connectivity index (χ1) is 5.75. The first-order valence-electron chi connectivity index (χ1n) is 3.41. The van der Waals surface area contributed by atoms with Crippen molar-refractivity contribution >= 4 is 23.1 Å². The van der Waals surface area contributed by atoms with Crippen molar-refractivity contribution < 1.29 is 4.79 Å². The second kappa shape index (κ2) is 3.93. The summed E-state index contributed by atoms with van der Waals surface area (Å²) in [6.45, 7) is 0. The number of amides is 1. The molecule has 2 N–H and O–H groups in total. The van der Waals surface area contributed by atoms with E-state index in [1.54, 1.807) is 12.1 Å². The molecule has 0 aromatic heterocycles. The van der Waals surface area contributed by atoms with E-state index in [1.165, 1.54) is 5.54 Å². The fraction of sp³-hybridized carbons (Fsp3) is 0. The highest BCUT2D eigenvalue weighted by molar-refractivity contribution is 6.35. The molecule has 0 atom stereocenters. The molecule has 0 unspecified atom stereocenters. The topological polar surface area (TPSA) is 43.1 Å². The van der Waals surface area contributed by atoms with Crippen LogP contribution in [0.25, 0.3) is 5.57 Å². The second-order valence-corrected chi connectivity index (χ2v) is 2.47. The summed E-state index contributed by atoms with van der Waals surface area (Å²) < 4.78 is 0. The molecular formula is C9H8ClNO. The first kappa shape index (κ1) is 8.81. The van der Waals surface area contributed by atoms with Crippen LogP contribution in [0.3, 0.4) is 0 Å². The van der Waals surface area contributed by atoms with Gasteiger partial charge in [0.2, 0.25) is 5.91 Å². The summed E-state index contributed by atoms with van der Waals surface area (Å²) in [6, 6.07) is 9.05. The van der Waals surface area contributed by atoms with Crippen LogP contribution in [0.1, 0.15) is 5.56 Å². The quantitative estimate of drug-likeness (QED) is 0.695. The molecule has 1 aromatic rings. The van der Waals surface area contributed by atoms with E-state index in [1.807, 2.05) is 18.2 Å². The number of hydrogen-bond donors (Lipinski definition) is 1. The fourth-order valence-electron chi connectivity index (χ4n) is 0.877. The lowest BCUT2D eigenvalue weighted by Crippen LogP contribution is -2.12. The van der Waals surface area contributed by atoms with E-state index in [-0.39, 0.29) is 0 Å². The molecule has 0 aliphatic rings. The zero-order chi connectivity index (χ0) is 8.97. The molecule has 0 bridgehead atoms. The minimum absolute atomic E-state index is 0.331. The Balaban J connectivity index is 3.05. The van der Waals surface area contributed by atoms with Crippen molar-refractivity contribution in [3.8, 4) is 0 Å². The number of benzene rings is 1. The van der Waals surface area contributed by atoms with E-state index in [0.29, 0.717) is 5.57 Å². The Morgan fingerprint density at radius 1 is 1.33 bits per heavy atom. The summed E-state index contributed by atoms with van der Waals surface area (Å²) in [7, 11) is 0. The Hall–Kier alpha value is -1.28. The molecule has 0 fully saturated rings. The molecule has 0 saturated heterocycles. The number of carbonyl (C=O) groups is 1. The van der Waals surface area contributed by atoms with Crippen molar-refractivity contribution in [1.82, 2.24) is 0 Å². The van der Waals surface area contributed by atoms with Gasteiger partial charge < -0.3 is 5.73 Å². The smallest absolute Gasteiger partial charge is 0.250 e. The number of rotatable bonds is 2. The number of primary amides is 1. The lowest BCUT2D eigenvalue weighted by molar-refractivity contribution is -0.112. The van der Waals surface area contributed by atoms with Crippen LogP contribution >= 0.6 is 11.6 Å². The summed E-state index contributed by atoms with van der Waals surface area (Å²) in [4.78, 5) is 10.8. The largest absolute Gasteiger partial charge is 0.366 e.